The fraction of sp³-hybridized carbons (Fsp3) is 0.692. The zero-order valence-electron chi connectivity index (χ0n) is 11.4. The number of nitrogens with two attached hydrogens (primary N) is 1. The number of hydrogen-bond donors (Lipinski definition) is 1. The van der Waals surface area contributed by atoms with Crippen LogP contribution in [0.1, 0.15) is 31.4 Å². The van der Waals surface area contributed by atoms with Crippen molar-refractivity contribution in [3.63, 3.8) is 0 Å². The van der Waals surface area contributed by atoms with Crippen molar-refractivity contribution in [2.75, 3.05) is 30.8 Å². The molecule has 1 unspecified atom stereocenters. The van der Waals surface area contributed by atoms with E-state index in [1.807, 2.05) is 17.8 Å². The van der Waals surface area contributed by atoms with Crippen LogP contribution >= 0.6 is 11.8 Å². The molecule has 0 bridgehead atoms. The van der Waals surface area contributed by atoms with Gasteiger partial charge in [0.1, 0.15) is 11.6 Å². The third kappa shape index (κ3) is 3.36. The molecule has 0 aliphatic carbocycles. The van der Waals surface area contributed by atoms with E-state index in [2.05, 4.69) is 30.8 Å². The minimum Gasteiger partial charge on any atom is -0.384 e. The Morgan fingerprint density at radius 3 is 2.94 bits per heavy atom. The Balaban J connectivity index is 2.23. The number of rotatable bonds is 3. The minimum atomic E-state index is 0.304. The molecule has 5 heteroatoms. The number of thioether (sulfide) groups is 1. The van der Waals surface area contributed by atoms with E-state index in [-0.39, 0.29) is 0 Å². The van der Waals surface area contributed by atoms with Gasteiger partial charge in [0.2, 0.25) is 0 Å². The topological polar surface area (TPSA) is 55.0 Å². The van der Waals surface area contributed by atoms with Gasteiger partial charge in [-0.05, 0) is 19.4 Å². The van der Waals surface area contributed by atoms with Gasteiger partial charge in [0, 0.05) is 29.8 Å². The summed E-state index contributed by atoms with van der Waals surface area (Å²) in [5.41, 5.74) is 6.98. The predicted molar refractivity (Wildman–Crippen MR) is 77.7 cm³/mol. The van der Waals surface area contributed by atoms with Gasteiger partial charge >= 0.3 is 0 Å². The van der Waals surface area contributed by atoms with Crippen LogP contribution in [0.2, 0.25) is 0 Å². The van der Waals surface area contributed by atoms with Gasteiger partial charge in [-0.15, -0.1) is 0 Å². The highest BCUT2D eigenvalue weighted by atomic mass is 32.2. The minimum absolute atomic E-state index is 0.304. The summed E-state index contributed by atoms with van der Waals surface area (Å²) in [4.78, 5) is 11.5. The Morgan fingerprint density at radius 2 is 2.28 bits per heavy atom. The van der Waals surface area contributed by atoms with E-state index in [1.165, 1.54) is 5.75 Å². The average Bonchev–Trinajstić information content (AvgIpc) is 2.27. The van der Waals surface area contributed by atoms with Gasteiger partial charge < -0.3 is 5.73 Å². The smallest absolute Gasteiger partial charge is 0.148 e. The Morgan fingerprint density at radius 1 is 1.50 bits per heavy atom. The molecule has 100 valence electrons. The van der Waals surface area contributed by atoms with Crippen molar-refractivity contribution in [2.24, 2.45) is 5.92 Å². The van der Waals surface area contributed by atoms with E-state index < -0.39 is 0 Å². The lowest BCUT2D eigenvalue weighted by molar-refractivity contribution is 0.264. The molecule has 1 aromatic heterocycles. The third-order valence-electron chi connectivity index (χ3n) is 3.13. The summed E-state index contributed by atoms with van der Waals surface area (Å²) in [5.74, 6) is 4.32. The Hall–Kier alpha value is -0.810. The summed E-state index contributed by atoms with van der Waals surface area (Å²) in [6.07, 6.45) is 0.962. The lowest BCUT2D eigenvalue weighted by Gasteiger charge is -2.31. The Kier molecular flexibility index (Phi) is 4.45. The molecule has 0 spiro atoms. The molecule has 1 saturated heterocycles. The number of anilines is 1. The maximum Gasteiger partial charge on any atom is 0.148 e. The second kappa shape index (κ2) is 5.89. The molecule has 1 aliphatic rings. The maximum absolute atomic E-state index is 5.91. The second-order valence-electron chi connectivity index (χ2n) is 5.31. The van der Waals surface area contributed by atoms with Crippen LogP contribution in [0.4, 0.5) is 5.82 Å². The zero-order chi connectivity index (χ0) is 13.1. The molecule has 18 heavy (non-hydrogen) atoms. The largest absolute Gasteiger partial charge is 0.384 e. The Bertz CT molecular complexity index is 408. The molecule has 0 saturated carbocycles. The van der Waals surface area contributed by atoms with E-state index in [9.17, 15) is 0 Å². The quantitative estimate of drug-likeness (QED) is 0.906. The molecule has 1 fully saturated rings. The van der Waals surface area contributed by atoms with Crippen molar-refractivity contribution >= 4 is 17.6 Å². The van der Waals surface area contributed by atoms with E-state index >= 15 is 0 Å². The van der Waals surface area contributed by atoms with Crippen LogP contribution in [0.3, 0.4) is 0 Å². The van der Waals surface area contributed by atoms with Gasteiger partial charge in [0.15, 0.2) is 0 Å². The molecular weight excluding hydrogens is 244 g/mol. The monoisotopic (exact) mass is 266 g/mol. The number of hydrogen-bond acceptors (Lipinski definition) is 5. The van der Waals surface area contributed by atoms with Gasteiger partial charge in [0.25, 0.3) is 0 Å². The first kappa shape index (κ1) is 13.6. The predicted octanol–water partition coefficient (Wildman–Crippen LogP) is 1.98. The SMILES string of the molecule is CC(C)Cc1cc(N)nc(C2CSCCN2C)n1. The molecule has 2 heterocycles. The van der Waals surface area contributed by atoms with Gasteiger partial charge in [-0.1, -0.05) is 13.8 Å². The van der Waals surface area contributed by atoms with E-state index in [4.69, 9.17) is 10.7 Å². The molecule has 4 nitrogen and oxygen atoms in total. The van der Waals surface area contributed by atoms with Gasteiger partial charge in [-0.3, -0.25) is 4.90 Å². The van der Waals surface area contributed by atoms with Crippen LogP contribution < -0.4 is 5.73 Å². The van der Waals surface area contributed by atoms with Gasteiger partial charge in [-0.25, -0.2) is 9.97 Å². The van der Waals surface area contributed by atoms with Crippen molar-refractivity contribution in [2.45, 2.75) is 26.3 Å². The zero-order valence-corrected chi connectivity index (χ0v) is 12.2. The second-order valence-corrected chi connectivity index (χ2v) is 6.46. The summed E-state index contributed by atoms with van der Waals surface area (Å²) in [7, 11) is 2.14. The van der Waals surface area contributed by atoms with Crippen molar-refractivity contribution in [3.05, 3.63) is 17.6 Å². The molecule has 1 atom stereocenters. The normalized spacial score (nSPS) is 21.4. The standard InChI is InChI=1S/C13H22N4S/c1-9(2)6-10-7-12(14)16-13(15-10)11-8-18-5-4-17(11)3/h7,9,11H,4-6,8H2,1-3H3,(H2,14,15,16). The molecule has 2 rings (SSSR count). The van der Waals surface area contributed by atoms with Gasteiger partial charge in [-0.2, -0.15) is 11.8 Å². The van der Waals surface area contributed by atoms with Crippen LogP contribution in [0.5, 0.6) is 0 Å². The highest BCUT2D eigenvalue weighted by molar-refractivity contribution is 7.99. The highest BCUT2D eigenvalue weighted by Crippen LogP contribution is 2.26. The molecule has 1 aliphatic heterocycles. The van der Waals surface area contributed by atoms with E-state index in [0.29, 0.717) is 17.8 Å². The molecule has 1 aromatic rings. The van der Waals surface area contributed by atoms with Gasteiger partial charge in [0.05, 0.1) is 6.04 Å². The lowest BCUT2D eigenvalue weighted by Crippen LogP contribution is -2.34. The lowest BCUT2D eigenvalue weighted by atomic mass is 10.1. The summed E-state index contributed by atoms with van der Waals surface area (Å²) in [6, 6.07) is 2.21. The number of aromatic nitrogens is 2. The Labute approximate surface area is 113 Å². The highest BCUT2D eigenvalue weighted by Gasteiger charge is 2.24. The third-order valence-corrected chi connectivity index (χ3v) is 4.15. The first-order valence-corrected chi connectivity index (χ1v) is 7.63. The molecule has 0 amide bonds. The van der Waals surface area contributed by atoms with Crippen LogP contribution in [-0.4, -0.2) is 40.0 Å². The fourth-order valence-electron chi connectivity index (χ4n) is 2.17. The maximum atomic E-state index is 5.91. The number of nitrogen functional groups attached to an aromatic ring is 1. The van der Waals surface area contributed by atoms with Crippen molar-refractivity contribution in [1.82, 2.24) is 14.9 Å². The van der Waals surface area contributed by atoms with Crippen LogP contribution in [-0.2, 0) is 6.42 Å². The van der Waals surface area contributed by atoms with Crippen LogP contribution in [0.15, 0.2) is 6.07 Å². The van der Waals surface area contributed by atoms with E-state index in [0.717, 1.165) is 30.2 Å². The van der Waals surface area contributed by atoms with Crippen LogP contribution in [0, 0.1) is 5.92 Å². The summed E-state index contributed by atoms with van der Waals surface area (Å²) < 4.78 is 0. The summed E-state index contributed by atoms with van der Waals surface area (Å²) in [5, 5.41) is 0. The first-order valence-electron chi connectivity index (χ1n) is 6.47. The first-order chi connectivity index (χ1) is 8.56. The molecule has 2 N–H and O–H groups in total. The van der Waals surface area contributed by atoms with Crippen molar-refractivity contribution in [3.8, 4) is 0 Å². The summed E-state index contributed by atoms with van der Waals surface area (Å²) >= 11 is 1.96. The van der Waals surface area contributed by atoms with Crippen LogP contribution in [0.25, 0.3) is 0 Å². The average molecular weight is 266 g/mol. The number of nitrogens with zero attached hydrogens (tertiary/aromatic N) is 3. The fourth-order valence-corrected chi connectivity index (χ4v) is 3.38. The molecular formula is C13H22N4S. The molecule has 0 radical (unpaired) electrons. The summed E-state index contributed by atoms with van der Waals surface area (Å²) in [6.45, 7) is 5.48. The molecule has 0 aromatic carbocycles. The van der Waals surface area contributed by atoms with Crippen molar-refractivity contribution in [1.29, 1.82) is 0 Å². The van der Waals surface area contributed by atoms with E-state index in [1.54, 1.807) is 0 Å². The van der Waals surface area contributed by atoms with Crippen molar-refractivity contribution < 1.29 is 0 Å².